The molecule has 20 heavy (non-hydrogen) atoms. The molecular weight excluding hydrogens is 274 g/mol. The molecule has 1 aromatic rings. The van der Waals surface area contributed by atoms with Crippen LogP contribution in [0.25, 0.3) is 0 Å². The topological polar surface area (TPSA) is 50.7 Å². The van der Waals surface area contributed by atoms with Gasteiger partial charge in [0.2, 0.25) is 0 Å². The molecular formula is C15H27NO3S. The summed E-state index contributed by atoms with van der Waals surface area (Å²) in [5.41, 5.74) is 0.0870. The van der Waals surface area contributed by atoms with E-state index in [0.717, 1.165) is 6.54 Å². The van der Waals surface area contributed by atoms with Crippen molar-refractivity contribution >= 4 is 11.3 Å². The van der Waals surface area contributed by atoms with E-state index in [-0.39, 0.29) is 5.41 Å². The Morgan fingerprint density at radius 1 is 1.35 bits per heavy atom. The normalized spacial score (nSPS) is 13.6. The van der Waals surface area contributed by atoms with E-state index in [1.54, 1.807) is 11.3 Å². The van der Waals surface area contributed by atoms with Gasteiger partial charge in [0, 0.05) is 30.0 Å². The number of thiophene rings is 1. The second-order valence-corrected chi connectivity index (χ2v) is 6.37. The molecule has 0 aliphatic rings. The third-order valence-electron chi connectivity index (χ3n) is 3.02. The first-order valence-corrected chi connectivity index (χ1v) is 8.02. The van der Waals surface area contributed by atoms with Crippen molar-refractivity contribution in [2.24, 2.45) is 0 Å². The molecule has 1 aromatic heterocycles. The van der Waals surface area contributed by atoms with Crippen molar-refractivity contribution in [1.82, 2.24) is 5.32 Å². The van der Waals surface area contributed by atoms with E-state index in [2.05, 4.69) is 36.7 Å². The summed E-state index contributed by atoms with van der Waals surface area (Å²) in [4.78, 5) is 1.35. The maximum Gasteiger partial charge on any atom is 0.0897 e. The lowest BCUT2D eigenvalue weighted by molar-refractivity contribution is 0.00628. The van der Waals surface area contributed by atoms with E-state index < -0.39 is 6.10 Å². The maximum atomic E-state index is 9.81. The number of aliphatic hydroxyl groups excluding tert-OH is 1. The molecule has 0 fully saturated rings. The summed E-state index contributed by atoms with van der Waals surface area (Å²) < 4.78 is 10.5. The van der Waals surface area contributed by atoms with Gasteiger partial charge in [-0.3, -0.25) is 0 Å². The van der Waals surface area contributed by atoms with Crippen molar-refractivity contribution < 1.29 is 14.6 Å². The van der Waals surface area contributed by atoms with Gasteiger partial charge in [-0.25, -0.2) is 0 Å². The second kappa shape index (κ2) is 9.47. The Labute approximate surface area is 126 Å². The number of aliphatic hydroxyl groups is 1. The molecule has 0 aliphatic carbocycles. The first kappa shape index (κ1) is 17.6. The molecule has 0 aliphatic heterocycles. The van der Waals surface area contributed by atoms with E-state index in [4.69, 9.17) is 9.47 Å². The van der Waals surface area contributed by atoms with Crippen molar-refractivity contribution in [1.29, 1.82) is 0 Å². The van der Waals surface area contributed by atoms with Crippen molar-refractivity contribution in [2.45, 2.75) is 32.3 Å². The van der Waals surface area contributed by atoms with Crippen LogP contribution in [0.3, 0.4) is 0 Å². The molecule has 0 bridgehead atoms. The van der Waals surface area contributed by atoms with Crippen LogP contribution < -0.4 is 5.32 Å². The van der Waals surface area contributed by atoms with Gasteiger partial charge in [0.05, 0.1) is 25.9 Å². The highest BCUT2D eigenvalue weighted by atomic mass is 32.1. The van der Waals surface area contributed by atoms with Crippen molar-refractivity contribution in [3.63, 3.8) is 0 Å². The minimum atomic E-state index is -0.476. The molecule has 0 saturated heterocycles. The lowest BCUT2D eigenvalue weighted by Gasteiger charge is -2.24. The number of hydrogen-bond donors (Lipinski definition) is 2. The Hall–Kier alpha value is -0.460. The fourth-order valence-electron chi connectivity index (χ4n) is 1.84. The molecule has 116 valence electrons. The summed E-state index contributed by atoms with van der Waals surface area (Å²) in [6.07, 6.45) is -0.476. The van der Waals surface area contributed by atoms with E-state index in [0.29, 0.717) is 33.0 Å². The maximum absolute atomic E-state index is 9.81. The molecule has 1 rings (SSSR count). The molecule has 0 amide bonds. The monoisotopic (exact) mass is 301 g/mol. The first-order chi connectivity index (χ1) is 9.56. The van der Waals surface area contributed by atoms with Gasteiger partial charge in [-0.05, 0) is 18.4 Å². The van der Waals surface area contributed by atoms with E-state index in [1.807, 2.05) is 6.92 Å². The third kappa shape index (κ3) is 6.81. The molecule has 2 N–H and O–H groups in total. The van der Waals surface area contributed by atoms with Gasteiger partial charge in [0.25, 0.3) is 0 Å². The summed E-state index contributed by atoms with van der Waals surface area (Å²) in [6.45, 7) is 9.91. The van der Waals surface area contributed by atoms with Gasteiger partial charge in [-0.2, -0.15) is 0 Å². The molecule has 1 unspecified atom stereocenters. The van der Waals surface area contributed by atoms with Crippen LogP contribution in [0.1, 0.15) is 25.6 Å². The van der Waals surface area contributed by atoms with Crippen LogP contribution in [0.4, 0.5) is 0 Å². The highest BCUT2D eigenvalue weighted by Gasteiger charge is 2.21. The largest absolute Gasteiger partial charge is 0.389 e. The van der Waals surface area contributed by atoms with Crippen LogP contribution in [0, 0.1) is 0 Å². The van der Waals surface area contributed by atoms with Crippen molar-refractivity contribution in [3.8, 4) is 0 Å². The molecule has 0 spiro atoms. The molecule has 0 aromatic carbocycles. The Bertz CT molecular complexity index is 341. The van der Waals surface area contributed by atoms with Gasteiger partial charge < -0.3 is 19.9 Å². The molecule has 1 heterocycles. The summed E-state index contributed by atoms with van der Waals surface area (Å²) in [5.74, 6) is 0. The second-order valence-electron chi connectivity index (χ2n) is 5.42. The van der Waals surface area contributed by atoms with Gasteiger partial charge in [-0.15, -0.1) is 11.3 Å². The average molecular weight is 301 g/mol. The molecule has 0 saturated carbocycles. The average Bonchev–Trinajstić information content (AvgIpc) is 2.93. The fourth-order valence-corrected chi connectivity index (χ4v) is 2.69. The zero-order valence-electron chi connectivity index (χ0n) is 12.7. The van der Waals surface area contributed by atoms with Crippen molar-refractivity contribution in [2.75, 3.05) is 39.5 Å². The number of nitrogens with one attached hydrogen (secondary N) is 1. The van der Waals surface area contributed by atoms with Crippen LogP contribution in [-0.2, 0) is 14.9 Å². The smallest absolute Gasteiger partial charge is 0.0897 e. The minimum Gasteiger partial charge on any atom is -0.389 e. The van der Waals surface area contributed by atoms with Crippen molar-refractivity contribution in [3.05, 3.63) is 22.4 Å². The Balaban J connectivity index is 2.11. The quantitative estimate of drug-likeness (QED) is 0.614. The van der Waals surface area contributed by atoms with Crippen LogP contribution >= 0.6 is 11.3 Å². The van der Waals surface area contributed by atoms with Crippen LogP contribution in [0.15, 0.2) is 17.5 Å². The summed E-state index contributed by atoms with van der Waals surface area (Å²) in [7, 11) is 0. The number of ether oxygens (including phenoxy) is 2. The van der Waals surface area contributed by atoms with E-state index in [1.165, 1.54) is 4.88 Å². The van der Waals surface area contributed by atoms with Crippen LogP contribution in [-0.4, -0.2) is 50.7 Å². The molecule has 0 radical (unpaired) electrons. The van der Waals surface area contributed by atoms with Crippen LogP contribution in [0.5, 0.6) is 0 Å². The standard InChI is InChI=1S/C15H27NO3S/c1-4-18-7-8-19-11-13(17)10-16-12-15(2,3)14-6-5-9-20-14/h5-6,9,13,16-17H,4,7-8,10-12H2,1-3H3. The Morgan fingerprint density at radius 2 is 2.10 bits per heavy atom. The number of rotatable bonds is 11. The fraction of sp³-hybridized carbons (Fsp3) is 0.733. The van der Waals surface area contributed by atoms with Gasteiger partial charge in [0.15, 0.2) is 0 Å². The highest BCUT2D eigenvalue weighted by Crippen LogP contribution is 2.26. The highest BCUT2D eigenvalue weighted by molar-refractivity contribution is 7.10. The molecule has 4 nitrogen and oxygen atoms in total. The lowest BCUT2D eigenvalue weighted by atomic mass is 9.91. The first-order valence-electron chi connectivity index (χ1n) is 7.14. The molecule has 5 heteroatoms. The number of hydrogen-bond acceptors (Lipinski definition) is 5. The summed E-state index contributed by atoms with van der Waals surface area (Å²) in [5, 5.41) is 15.2. The van der Waals surface area contributed by atoms with Gasteiger partial charge in [0.1, 0.15) is 0 Å². The Morgan fingerprint density at radius 3 is 2.75 bits per heavy atom. The van der Waals surface area contributed by atoms with Gasteiger partial charge >= 0.3 is 0 Å². The zero-order chi connectivity index (χ0) is 14.8. The third-order valence-corrected chi connectivity index (χ3v) is 4.26. The van der Waals surface area contributed by atoms with Gasteiger partial charge in [-0.1, -0.05) is 19.9 Å². The summed E-state index contributed by atoms with van der Waals surface area (Å²) >= 11 is 1.77. The lowest BCUT2D eigenvalue weighted by Crippen LogP contribution is -2.38. The van der Waals surface area contributed by atoms with E-state index >= 15 is 0 Å². The zero-order valence-corrected chi connectivity index (χ0v) is 13.5. The summed E-state index contributed by atoms with van der Waals surface area (Å²) in [6, 6.07) is 4.22. The Kier molecular flexibility index (Phi) is 8.33. The minimum absolute atomic E-state index is 0.0870. The van der Waals surface area contributed by atoms with E-state index in [9.17, 15) is 5.11 Å². The van der Waals surface area contributed by atoms with Crippen LogP contribution in [0.2, 0.25) is 0 Å². The SMILES string of the molecule is CCOCCOCC(O)CNCC(C)(C)c1cccs1. The predicted molar refractivity (Wildman–Crippen MR) is 83.5 cm³/mol. The predicted octanol–water partition coefficient (Wildman–Crippen LogP) is 2.03. The molecule has 1 atom stereocenters.